The molecular weight excluding hydrogens is 492 g/mol. The van der Waals surface area contributed by atoms with Crippen LogP contribution in [0.3, 0.4) is 0 Å². The van der Waals surface area contributed by atoms with Crippen molar-refractivity contribution >= 4 is 11.8 Å². The number of ether oxygens (including phenoxy) is 2. The number of cyclic esters (lactones) is 1. The lowest BCUT2D eigenvalue weighted by Crippen LogP contribution is -2.58. The molecule has 0 aromatic rings. The second-order valence-corrected chi connectivity index (χ2v) is 10.4. The Balaban J connectivity index is 2.18. The molecule has 0 amide bonds. The lowest BCUT2D eigenvalue weighted by Gasteiger charge is -2.33. The lowest BCUT2D eigenvalue weighted by molar-refractivity contribution is -0.179. The number of hydrogen-bond donors (Lipinski definition) is 5. The van der Waals surface area contributed by atoms with Crippen molar-refractivity contribution in [1.82, 2.24) is 0 Å². The van der Waals surface area contributed by atoms with Gasteiger partial charge in [-0.1, -0.05) is 116 Å². The fraction of sp³-hybridized carbons (Fsp3) is 0.862. The summed E-state index contributed by atoms with van der Waals surface area (Å²) in [6.07, 6.45) is 18.1. The zero-order valence-corrected chi connectivity index (χ0v) is 23.4. The molecule has 1 unspecified atom stereocenters. The highest BCUT2D eigenvalue weighted by molar-refractivity contribution is 6.03. The van der Waals surface area contributed by atoms with Crippen molar-refractivity contribution < 1.29 is 44.6 Å². The first-order valence-electron chi connectivity index (χ1n) is 14.8. The third-order valence-corrected chi connectivity index (χ3v) is 7.23. The molecule has 0 aromatic heterocycles. The minimum absolute atomic E-state index is 0.0389. The van der Waals surface area contributed by atoms with Gasteiger partial charge in [0.25, 0.3) is 5.60 Å². The summed E-state index contributed by atoms with van der Waals surface area (Å²) in [5.74, 6) is -4.25. The molecule has 9 nitrogen and oxygen atoms in total. The Hall–Kier alpha value is -1.68. The molecule has 0 fully saturated rings. The molecule has 0 saturated heterocycles. The maximum absolute atomic E-state index is 12.6. The molecule has 0 aromatic carbocycles. The Morgan fingerprint density at radius 2 is 1.18 bits per heavy atom. The van der Waals surface area contributed by atoms with Crippen LogP contribution in [-0.4, -0.2) is 74.9 Å². The van der Waals surface area contributed by atoms with Crippen LogP contribution in [0.15, 0.2) is 11.5 Å². The molecule has 1 rings (SSSR count). The zero-order chi connectivity index (χ0) is 28.2. The fourth-order valence-electron chi connectivity index (χ4n) is 4.87. The van der Waals surface area contributed by atoms with E-state index in [0.29, 0.717) is 6.42 Å². The Labute approximate surface area is 228 Å². The molecule has 1 aliphatic heterocycles. The first-order chi connectivity index (χ1) is 18.4. The number of aliphatic hydroxyl groups excluding tert-OH is 5. The van der Waals surface area contributed by atoms with Crippen LogP contribution in [0.5, 0.6) is 0 Å². The molecule has 0 bridgehead atoms. The van der Waals surface area contributed by atoms with Gasteiger partial charge in [0.2, 0.25) is 17.3 Å². The van der Waals surface area contributed by atoms with Crippen molar-refractivity contribution in [3.05, 3.63) is 11.5 Å². The van der Waals surface area contributed by atoms with Crippen LogP contribution in [0, 0.1) is 0 Å². The molecule has 3 atom stereocenters. The highest BCUT2D eigenvalue weighted by Crippen LogP contribution is 2.38. The molecular formula is C29H52O9. The fourth-order valence-corrected chi connectivity index (χ4v) is 4.87. The maximum Gasteiger partial charge on any atom is 0.378 e. The van der Waals surface area contributed by atoms with E-state index in [2.05, 4.69) is 6.92 Å². The van der Waals surface area contributed by atoms with E-state index in [9.17, 15) is 30.0 Å². The number of carbonyl (C=O) groups is 2. The van der Waals surface area contributed by atoms with E-state index in [1.54, 1.807) is 0 Å². The third kappa shape index (κ3) is 11.2. The first-order valence-corrected chi connectivity index (χ1v) is 14.8. The standard InChI is InChI=1S/C29H52O9/c1-2-3-4-5-6-7-8-9-10-11-12-13-14-15-16-17-18-19-20-37-27-25(34)28(36)38-29(27,24(33)22-31)26(35)23(32)21-30/h23-24,30-34H,2-22H2,1H3/t23?,24-,29-/m0/s1. The van der Waals surface area contributed by atoms with Crippen LogP contribution in [0.1, 0.15) is 122 Å². The monoisotopic (exact) mass is 544 g/mol. The smallest absolute Gasteiger partial charge is 0.378 e. The number of Topliss-reactive ketones (excluding diaryl/α,β-unsaturated/α-hetero) is 1. The van der Waals surface area contributed by atoms with Crippen LogP contribution in [0.25, 0.3) is 0 Å². The van der Waals surface area contributed by atoms with Crippen molar-refractivity contribution in [2.45, 2.75) is 140 Å². The highest BCUT2D eigenvalue weighted by atomic mass is 16.6. The topological polar surface area (TPSA) is 154 Å². The number of rotatable bonds is 25. The van der Waals surface area contributed by atoms with Crippen molar-refractivity contribution in [3.8, 4) is 0 Å². The van der Waals surface area contributed by atoms with Crippen LogP contribution in [0.4, 0.5) is 0 Å². The molecule has 5 N–H and O–H groups in total. The van der Waals surface area contributed by atoms with Gasteiger partial charge in [-0.2, -0.15) is 0 Å². The average Bonchev–Trinajstić information content (AvgIpc) is 3.18. The molecule has 1 aliphatic rings. The Morgan fingerprint density at radius 1 is 0.763 bits per heavy atom. The first kappa shape index (κ1) is 34.3. The molecule has 38 heavy (non-hydrogen) atoms. The van der Waals surface area contributed by atoms with Crippen molar-refractivity contribution in [3.63, 3.8) is 0 Å². The minimum atomic E-state index is -2.60. The van der Waals surface area contributed by atoms with Gasteiger partial charge in [-0.3, -0.25) is 4.79 Å². The summed E-state index contributed by atoms with van der Waals surface area (Å²) in [4.78, 5) is 24.6. The van der Waals surface area contributed by atoms with Crippen molar-refractivity contribution in [2.75, 3.05) is 19.8 Å². The number of unbranched alkanes of at least 4 members (excludes halogenated alkanes) is 17. The summed E-state index contributed by atoms with van der Waals surface area (Å²) in [7, 11) is 0. The van der Waals surface area contributed by atoms with E-state index >= 15 is 0 Å². The van der Waals surface area contributed by atoms with E-state index in [4.69, 9.17) is 14.6 Å². The quantitative estimate of drug-likeness (QED) is 0.0832. The van der Waals surface area contributed by atoms with Gasteiger partial charge in [0.15, 0.2) is 0 Å². The minimum Gasteiger partial charge on any atom is -0.499 e. The van der Waals surface area contributed by atoms with Gasteiger partial charge >= 0.3 is 5.97 Å². The highest BCUT2D eigenvalue weighted by Gasteiger charge is 2.61. The average molecular weight is 545 g/mol. The predicted molar refractivity (Wildman–Crippen MR) is 144 cm³/mol. The predicted octanol–water partition coefficient (Wildman–Crippen LogP) is 4.39. The van der Waals surface area contributed by atoms with Crippen LogP contribution in [-0.2, 0) is 19.1 Å². The molecule has 0 aliphatic carbocycles. The maximum atomic E-state index is 12.6. The van der Waals surface area contributed by atoms with E-state index in [1.165, 1.54) is 89.9 Å². The third-order valence-electron chi connectivity index (χ3n) is 7.23. The zero-order valence-electron chi connectivity index (χ0n) is 23.4. The van der Waals surface area contributed by atoms with Crippen LogP contribution < -0.4 is 0 Å². The van der Waals surface area contributed by atoms with Gasteiger partial charge in [-0.15, -0.1) is 0 Å². The number of hydrogen-bond acceptors (Lipinski definition) is 9. The molecule has 9 heteroatoms. The second kappa shape index (κ2) is 20.3. The number of carbonyl (C=O) groups excluding carboxylic acids is 2. The van der Waals surface area contributed by atoms with Gasteiger partial charge < -0.3 is 35.0 Å². The summed E-state index contributed by atoms with van der Waals surface area (Å²) >= 11 is 0. The number of aliphatic hydroxyl groups is 5. The largest absolute Gasteiger partial charge is 0.499 e. The second-order valence-electron chi connectivity index (χ2n) is 10.4. The number of ketones is 1. The Kier molecular flexibility index (Phi) is 18.3. The van der Waals surface area contributed by atoms with Crippen LogP contribution >= 0.6 is 0 Å². The molecule has 222 valence electrons. The Bertz CT molecular complexity index is 694. The Morgan fingerprint density at radius 3 is 1.58 bits per heavy atom. The molecule has 1 heterocycles. The summed E-state index contributed by atoms with van der Waals surface area (Å²) in [6.45, 7) is 0.292. The normalized spacial score (nSPS) is 19.0. The van der Waals surface area contributed by atoms with E-state index in [1.807, 2.05) is 0 Å². The summed E-state index contributed by atoms with van der Waals surface area (Å²) < 4.78 is 10.4. The summed E-state index contributed by atoms with van der Waals surface area (Å²) in [5.41, 5.74) is -2.60. The van der Waals surface area contributed by atoms with Gasteiger partial charge in [-0.05, 0) is 6.42 Å². The summed E-state index contributed by atoms with van der Waals surface area (Å²) in [6, 6.07) is 0. The molecule has 0 spiro atoms. The SMILES string of the molecule is CCCCCCCCCCCCCCCCCCCCOC1=C(O)C(=O)O[C@]1(C(=O)C(O)CO)[C@@H](O)CO. The lowest BCUT2D eigenvalue weighted by atomic mass is 9.87. The van der Waals surface area contributed by atoms with Crippen molar-refractivity contribution in [1.29, 1.82) is 0 Å². The van der Waals surface area contributed by atoms with Gasteiger partial charge in [-0.25, -0.2) is 4.79 Å². The molecule has 0 radical (unpaired) electrons. The van der Waals surface area contributed by atoms with Gasteiger partial charge in [0.1, 0.15) is 12.2 Å². The molecule has 0 saturated carbocycles. The van der Waals surface area contributed by atoms with Crippen LogP contribution in [0.2, 0.25) is 0 Å². The van der Waals surface area contributed by atoms with E-state index < -0.39 is 54.3 Å². The number of esters is 1. The van der Waals surface area contributed by atoms with Gasteiger partial charge in [0.05, 0.1) is 19.8 Å². The van der Waals surface area contributed by atoms with Gasteiger partial charge in [0, 0.05) is 0 Å². The van der Waals surface area contributed by atoms with E-state index in [0.717, 1.165) is 19.3 Å². The van der Waals surface area contributed by atoms with E-state index in [-0.39, 0.29) is 6.61 Å². The van der Waals surface area contributed by atoms with Crippen molar-refractivity contribution in [2.24, 2.45) is 0 Å². The summed E-state index contributed by atoms with van der Waals surface area (Å²) in [5, 5.41) is 48.6.